The van der Waals surface area contributed by atoms with E-state index < -0.39 is 24.1 Å². The van der Waals surface area contributed by atoms with Crippen LogP contribution in [-0.4, -0.2) is 49.6 Å². The van der Waals surface area contributed by atoms with Crippen LogP contribution in [0, 0.1) is 11.8 Å². The monoisotopic (exact) mass is 344 g/mol. The number of ether oxygens (including phenoxy) is 4. The molecule has 1 aliphatic heterocycles. The highest BCUT2D eigenvalue weighted by atomic mass is 16.6. The highest BCUT2D eigenvalue weighted by Gasteiger charge is 2.47. The van der Waals surface area contributed by atoms with Gasteiger partial charge in [-0.1, -0.05) is 27.7 Å². The smallest absolute Gasteiger partial charge is 0.338 e. The molecule has 6 heteroatoms. The van der Waals surface area contributed by atoms with E-state index in [1.54, 1.807) is 13.8 Å². The Morgan fingerprint density at radius 2 is 1.12 bits per heavy atom. The molecule has 24 heavy (non-hydrogen) atoms. The molecule has 140 valence electrons. The van der Waals surface area contributed by atoms with Gasteiger partial charge in [0, 0.05) is 0 Å². The summed E-state index contributed by atoms with van der Waals surface area (Å²) in [7, 11) is 0. The van der Waals surface area contributed by atoms with Gasteiger partial charge in [-0.25, -0.2) is 9.59 Å². The molecule has 6 nitrogen and oxygen atoms in total. The molecule has 1 saturated heterocycles. The van der Waals surface area contributed by atoms with Crippen LogP contribution >= 0.6 is 0 Å². The van der Waals surface area contributed by atoms with Crippen LogP contribution in [0.3, 0.4) is 0 Å². The van der Waals surface area contributed by atoms with Crippen molar-refractivity contribution >= 4 is 11.9 Å². The fraction of sp³-hybridized carbons (Fsp3) is 0.889. The third-order valence-electron chi connectivity index (χ3n) is 3.78. The Balaban J connectivity index is 3.01. The Kier molecular flexibility index (Phi) is 8.70. The quantitative estimate of drug-likeness (QED) is 0.631. The van der Waals surface area contributed by atoms with E-state index in [0.29, 0.717) is 11.8 Å². The van der Waals surface area contributed by atoms with Crippen LogP contribution in [0.5, 0.6) is 0 Å². The van der Waals surface area contributed by atoms with Gasteiger partial charge in [-0.15, -0.1) is 0 Å². The molecule has 1 rings (SSSR count). The van der Waals surface area contributed by atoms with Crippen LogP contribution in [0.4, 0.5) is 0 Å². The van der Waals surface area contributed by atoms with Gasteiger partial charge in [-0.05, 0) is 38.5 Å². The van der Waals surface area contributed by atoms with E-state index in [2.05, 4.69) is 27.7 Å². The minimum absolute atomic E-state index is 0.221. The lowest BCUT2D eigenvalue weighted by Crippen LogP contribution is -2.56. The average molecular weight is 344 g/mol. The lowest BCUT2D eigenvalue weighted by atomic mass is 9.93. The summed E-state index contributed by atoms with van der Waals surface area (Å²) in [6.07, 6.45) is -1.13. The van der Waals surface area contributed by atoms with Crippen molar-refractivity contribution in [3.05, 3.63) is 0 Å². The first kappa shape index (κ1) is 20.9. The van der Waals surface area contributed by atoms with Gasteiger partial charge in [-0.3, -0.25) is 0 Å². The zero-order chi connectivity index (χ0) is 18.3. The summed E-state index contributed by atoms with van der Waals surface area (Å²) in [4.78, 5) is 24.5. The summed E-state index contributed by atoms with van der Waals surface area (Å²) in [5, 5.41) is 0. The third kappa shape index (κ3) is 6.06. The number of hydrogen-bond donors (Lipinski definition) is 0. The maximum absolute atomic E-state index is 12.2. The molecule has 1 aliphatic rings. The van der Waals surface area contributed by atoms with Crippen LogP contribution in [0.1, 0.15) is 54.4 Å². The summed E-state index contributed by atoms with van der Waals surface area (Å²) >= 11 is 0. The highest BCUT2D eigenvalue weighted by molar-refractivity contribution is 5.86. The molecule has 0 aromatic carbocycles. The van der Waals surface area contributed by atoms with Crippen LogP contribution in [0.2, 0.25) is 0 Å². The van der Waals surface area contributed by atoms with Crippen molar-refractivity contribution in [2.45, 2.75) is 78.8 Å². The van der Waals surface area contributed by atoms with E-state index in [0.717, 1.165) is 12.8 Å². The van der Waals surface area contributed by atoms with Gasteiger partial charge in [0.2, 0.25) is 0 Å². The SMILES string of the molecule is CCOC(=O)C1OC(CC(C)C)C(CC(C)C)OC1C(=O)OCC. The standard InChI is InChI=1S/C18H32O6/c1-7-21-17(19)15-16(18(20)22-8-2)24-14(10-12(5)6)13(23-15)9-11(3)4/h11-16H,7-10H2,1-6H3. The molecule has 0 spiro atoms. The second-order valence-electron chi connectivity index (χ2n) is 6.95. The molecular weight excluding hydrogens is 312 g/mol. The van der Waals surface area contributed by atoms with Gasteiger partial charge in [0.15, 0.2) is 12.2 Å². The van der Waals surface area contributed by atoms with E-state index in [1.807, 2.05) is 0 Å². The number of carbonyl (C=O) groups is 2. The van der Waals surface area contributed by atoms with Gasteiger partial charge in [0.1, 0.15) is 0 Å². The van der Waals surface area contributed by atoms with Crippen LogP contribution in [0.15, 0.2) is 0 Å². The zero-order valence-electron chi connectivity index (χ0n) is 15.7. The normalized spacial score (nSPS) is 27.3. The molecule has 4 unspecified atom stereocenters. The predicted molar refractivity (Wildman–Crippen MR) is 89.5 cm³/mol. The predicted octanol–water partition coefficient (Wildman–Crippen LogP) is 2.73. The summed E-state index contributed by atoms with van der Waals surface area (Å²) in [6.45, 7) is 12.2. The van der Waals surface area contributed by atoms with E-state index >= 15 is 0 Å². The molecule has 0 bridgehead atoms. The summed E-state index contributed by atoms with van der Waals surface area (Å²) < 4.78 is 22.1. The van der Waals surface area contributed by atoms with Crippen molar-refractivity contribution in [3.8, 4) is 0 Å². The zero-order valence-corrected chi connectivity index (χ0v) is 15.7. The average Bonchev–Trinajstić information content (AvgIpc) is 2.47. The topological polar surface area (TPSA) is 71.1 Å². The second-order valence-corrected chi connectivity index (χ2v) is 6.95. The molecule has 0 amide bonds. The van der Waals surface area contributed by atoms with E-state index in [1.165, 1.54) is 0 Å². The van der Waals surface area contributed by atoms with Gasteiger partial charge in [0.25, 0.3) is 0 Å². The van der Waals surface area contributed by atoms with Gasteiger partial charge < -0.3 is 18.9 Å². The van der Waals surface area contributed by atoms with Crippen LogP contribution in [0.25, 0.3) is 0 Å². The van der Waals surface area contributed by atoms with E-state index in [-0.39, 0.29) is 25.4 Å². The molecule has 0 aromatic heterocycles. The largest absolute Gasteiger partial charge is 0.464 e. The molecule has 0 radical (unpaired) electrons. The molecule has 0 saturated carbocycles. The fourth-order valence-electron chi connectivity index (χ4n) is 2.85. The van der Waals surface area contributed by atoms with Crippen molar-refractivity contribution < 1.29 is 28.5 Å². The maximum atomic E-state index is 12.2. The Morgan fingerprint density at radius 1 is 0.792 bits per heavy atom. The van der Waals surface area contributed by atoms with Crippen molar-refractivity contribution in [2.24, 2.45) is 11.8 Å². The number of rotatable bonds is 8. The summed E-state index contributed by atoms with van der Waals surface area (Å²) in [5.41, 5.74) is 0. The van der Waals surface area contributed by atoms with Gasteiger partial charge >= 0.3 is 11.9 Å². The third-order valence-corrected chi connectivity index (χ3v) is 3.78. The lowest BCUT2D eigenvalue weighted by Gasteiger charge is -2.41. The van der Waals surface area contributed by atoms with E-state index in [9.17, 15) is 9.59 Å². The lowest BCUT2D eigenvalue weighted by molar-refractivity contribution is -0.239. The Hall–Kier alpha value is -1.14. The molecular formula is C18H32O6. The van der Waals surface area contributed by atoms with Crippen molar-refractivity contribution in [1.82, 2.24) is 0 Å². The summed E-state index contributed by atoms with van der Waals surface area (Å²) in [5.74, 6) is -0.384. The molecule has 0 aliphatic carbocycles. The minimum Gasteiger partial charge on any atom is -0.464 e. The molecule has 1 fully saturated rings. The first-order valence-electron chi connectivity index (χ1n) is 8.94. The Bertz CT molecular complexity index is 368. The minimum atomic E-state index is -1.07. The molecule has 1 heterocycles. The molecule has 0 aromatic rings. The van der Waals surface area contributed by atoms with E-state index in [4.69, 9.17) is 18.9 Å². The first-order chi connectivity index (χ1) is 11.3. The highest BCUT2D eigenvalue weighted by Crippen LogP contribution is 2.30. The van der Waals surface area contributed by atoms with Crippen LogP contribution in [-0.2, 0) is 28.5 Å². The van der Waals surface area contributed by atoms with Gasteiger partial charge in [0.05, 0.1) is 25.4 Å². The van der Waals surface area contributed by atoms with Crippen LogP contribution < -0.4 is 0 Å². The molecule has 0 N–H and O–H groups in total. The summed E-state index contributed by atoms with van der Waals surface area (Å²) in [6, 6.07) is 0. The van der Waals surface area contributed by atoms with Crippen molar-refractivity contribution in [2.75, 3.05) is 13.2 Å². The first-order valence-corrected chi connectivity index (χ1v) is 8.94. The Morgan fingerprint density at radius 3 is 1.38 bits per heavy atom. The Labute approximate surface area is 145 Å². The number of hydrogen-bond acceptors (Lipinski definition) is 6. The fourth-order valence-corrected chi connectivity index (χ4v) is 2.85. The van der Waals surface area contributed by atoms with Gasteiger partial charge in [-0.2, -0.15) is 0 Å². The molecule has 4 atom stereocenters. The number of carbonyl (C=O) groups excluding carboxylic acids is 2. The van der Waals surface area contributed by atoms with Crippen molar-refractivity contribution in [3.63, 3.8) is 0 Å². The number of esters is 2. The second kappa shape index (κ2) is 9.99. The van der Waals surface area contributed by atoms with Crippen molar-refractivity contribution in [1.29, 1.82) is 0 Å². The maximum Gasteiger partial charge on any atom is 0.338 e.